The lowest BCUT2D eigenvalue weighted by Gasteiger charge is -2.07. The number of ether oxygens (including phenoxy) is 2. The molecule has 5 aromatic rings. The van der Waals surface area contributed by atoms with Crippen LogP contribution in [-0.2, 0) is 16.1 Å². The second-order valence-electron chi connectivity index (χ2n) is 7.20. The molecule has 0 spiro atoms. The van der Waals surface area contributed by atoms with Gasteiger partial charge in [-0.05, 0) is 47.0 Å². The Hall–Kier alpha value is -3.41. The number of rotatable bonds is 7. The van der Waals surface area contributed by atoms with Crippen molar-refractivity contribution in [3.05, 3.63) is 84.7 Å². The summed E-state index contributed by atoms with van der Waals surface area (Å²) in [5.74, 6) is 0.775. The Morgan fingerprint density at radius 3 is 2.73 bits per heavy atom. The highest BCUT2D eigenvalue weighted by atomic mass is 16.5. The fourth-order valence-corrected chi connectivity index (χ4v) is 3.56. The molecule has 2 aromatic carbocycles. The first-order valence-corrected chi connectivity index (χ1v) is 9.94. The minimum absolute atomic E-state index is 0.570. The Morgan fingerprint density at radius 1 is 0.900 bits per heavy atom. The summed E-state index contributed by atoms with van der Waals surface area (Å²) in [7, 11) is 1.68. The van der Waals surface area contributed by atoms with Crippen LogP contribution in [0.25, 0.3) is 39.2 Å². The van der Waals surface area contributed by atoms with Gasteiger partial charge in [0.25, 0.3) is 0 Å². The zero-order chi connectivity index (χ0) is 20.3. The molecular weight excluding hydrogens is 376 g/mol. The van der Waals surface area contributed by atoms with Gasteiger partial charge in [0.2, 0.25) is 0 Å². The van der Waals surface area contributed by atoms with Crippen molar-refractivity contribution in [3.63, 3.8) is 0 Å². The Labute approximate surface area is 174 Å². The van der Waals surface area contributed by atoms with Gasteiger partial charge in [-0.2, -0.15) is 0 Å². The molecule has 150 valence electrons. The maximum Gasteiger partial charge on any atom is 0.155 e. The molecule has 30 heavy (non-hydrogen) atoms. The Kier molecular flexibility index (Phi) is 5.05. The van der Waals surface area contributed by atoms with Crippen molar-refractivity contribution in [1.82, 2.24) is 9.38 Å². The van der Waals surface area contributed by atoms with Crippen LogP contribution in [0, 0.1) is 0 Å². The Morgan fingerprint density at radius 2 is 1.83 bits per heavy atom. The van der Waals surface area contributed by atoms with E-state index in [2.05, 4.69) is 36.5 Å². The van der Waals surface area contributed by atoms with Crippen LogP contribution in [0.1, 0.15) is 5.56 Å². The number of pyridine rings is 1. The summed E-state index contributed by atoms with van der Waals surface area (Å²) >= 11 is 0. The molecule has 5 rings (SSSR count). The number of nitrogens with zero attached hydrogens (tertiary/aromatic N) is 2. The average Bonchev–Trinajstić information content (AvgIpc) is 3.40. The van der Waals surface area contributed by atoms with Crippen molar-refractivity contribution in [1.29, 1.82) is 0 Å². The highest BCUT2D eigenvalue weighted by molar-refractivity contribution is 5.82. The maximum absolute atomic E-state index is 5.97. The molecule has 0 saturated heterocycles. The van der Waals surface area contributed by atoms with Crippen LogP contribution in [0.3, 0.4) is 0 Å². The van der Waals surface area contributed by atoms with Gasteiger partial charge in [0.15, 0.2) is 5.76 Å². The van der Waals surface area contributed by atoms with Gasteiger partial charge in [-0.15, -0.1) is 0 Å². The predicted molar refractivity (Wildman–Crippen MR) is 117 cm³/mol. The molecule has 0 aliphatic rings. The van der Waals surface area contributed by atoms with Crippen LogP contribution in [0.15, 0.2) is 83.5 Å². The van der Waals surface area contributed by atoms with Crippen LogP contribution in [-0.4, -0.2) is 29.7 Å². The van der Waals surface area contributed by atoms with Crippen LogP contribution in [0.4, 0.5) is 0 Å². The first kappa shape index (κ1) is 18.6. The van der Waals surface area contributed by atoms with Crippen molar-refractivity contribution in [2.24, 2.45) is 0 Å². The fourth-order valence-electron chi connectivity index (χ4n) is 3.56. The molecule has 0 saturated carbocycles. The van der Waals surface area contributed by atoms with E-state index in [1.807, 2.05) is 47.0 Å². The number of furan rings is 1. The number of fused-ring (bicyclic) bond motifs is 2. The molecule has 5 heteroatoms. The van der Waals surface area contributed by atoms with Crippen molar-refractivity contribution in [2.75, 3.05) is 20.3 Å². The third-order valence-corrected chi connectivity index (χ3v) is 5.09. The number of methoxy groups -OCH3 is 1. The first-order chi connectivity index (χ1) is 14.8. The standard InChI is InChI=1S/C25H22N2O3/c1-28-11-12-29-17-18-5-4-7-19(13-18)21-9-10-25-26-22(16-27(25)15-21)24-14-20-6-2-3-8-23(20)30-24/h2-10,13-16H,11-12,17H2,1H3. The van der Waals surface area contributed by atoms with Crippen molar-refractivity contribution in [3.8, 4) is 22.6 Å². The zero-order valence-electron chi connectivity index (χ0n) is 16.7. The van der Waals surface area contributed by atoms with Crippen molar-refractivity contribution >= 4 is 16.6 Å². The minimum atomic E-state index is 0.570. The monoisotopic (exact) mass is 398 g/mol. The van der Waals surface area contributed by atoms with Gasteiger partial charge in [0.05, 0.1) is 19.8 Å². The van der Waals surface area contributed by atoms with Crippen LogP contribution >= 0.6 is 0 Å². The smallest absolute Gasteiger partial charge is 0.155 e. The van der Waals surface area contributed by atoms with Crippen molar-refractivity contribution in [2.45, 2.75) is 6.61 Å². The molecule has 0 bridgehead atoms. The van der Waals surface area contributed by atoms with E-state index in [1.54, 1.807) is 7.11 Å². The Bertz CT molecular complexity index is 1270. The van der Waals surface area contributed by atoms with Gasteiger partial charge < -0.3 is 18.3 Å². The largest absolute Gasteiger partial charge is 0.454 e. The van der Waals surface area contributed by atoms with Crippen molar-refractivity contribution < 1.29 is 13.9 Å². The van der Waals surface area contributed by atoms with E-state index in [1.165, 1.54) is 0 Å². The molecule has 3 aromatic heterocycles. The zero-order valence-corrected chi connectivity index (χ0v) is 16.7. The summed E-state index contributed by atoms with van der Waals surface area (Å²) in [6, 6.07) is 22.6. The molecule has 0 atom stereocenters. The van der Waals surface area contributed by atoms with Crippen LogP contribution in [0.2, 0.25) is 0 Å². The number of benzene rings is 2. The third kappa shape index (κ3) is 3.73. The molecule has 3 heterocycles. The highest BCUT2D eigenvalue weighted by Gasteiger charge is 2.11. The summed E-state index contributed by atoms with van der Waals surface area (Å²) < 4.78 is 18.7. The molecule has 5 nitrogen and oxygen atoms in total. The summed E-state index contributed by atoms with van der Waals surface area (Å²) in [6.07, 6.45) is 4.10. The summed E-state index contributed by atoms with van der Waals surface area (Å²) in [5.41, 5.74) is 5.97. The molecule has 0 unspecified atom stereocenters. The van der Waals surface area contributed by atoms with E-state index >= 15 is 0 Å². The van der Waals surface area contributed by atoms with E-state index in [0.29, 0.717) is 19.8 Å². The van der Waals surface area contributed by atoms with E-state index in [0.717, 1.165) is 44.8 Å². The lowest BCUT2D eigenvalue weighted by atomic mass is 10.1. The van der Waals surface area contributed by atoms with Gasteiger partial charge in [-0.25, -0.2) is 4.98 Å². The molecule has 0 aliphatic heterocycles. The summed E-state index contributed by atoms with van der Waals surface area (Å²) in [5, 5.41) is 1.08. The van der Waals surface area contributed by atoms with E-state index in [9.17, 15) is 0 Å². The minimum Gasteiger partial charge on any atom is -0.454 e. The van der Waals surface area contributed by atoms with Gasteiger partial charge in [0, 0.05) is 24.9 Å². The Balaban J connectivity index is 1.43. The third-order valence-electron chi connectivity index (χ3n) is 5.09. The summed E-state index contributed by atoms with van der Waals surface area (Å²) in [4.78, 5) is 4.73. The summed E-state index contributed by atoms with van der Waals surface area (Å²) in [6.45, 7) is 1.76. The number of aromatic nitrogens is 2. The van der Waals surface area contributed by atoms with E-state index in [-0.39, 0.29) is 0 Å². The quantitative estimate of drug-likeness (QED) is 0.336. The lowest BCUT2D eigenvalue weighted by Crippen LogP contribution is -2.01. The highest BCUT2D eigenvalue weighted by Crippen LogP contribution is 2.28. The molecule has 0 fully saturated rings. The topological polar surface area (TPSA) is 48.9 Å². The second-order valence-corrected chi connectivity index (χ2v) is 7.20. The van der Waals surface area contributed by atoms with Gasteiger partial charge in [0.1, 0.15) is 16.9 Å². The second kappa shape index (κ2) is 8.14. The van der Waals surface area contributed by atoms with Crippen LogP contribution in [0.5, 0.6) is 0 Å². The number of hydrogen-bond acceptors (Lipinski definition) is 4. The maximum atomic E-state index is 5.97. The SMILES string of the molecule is COCCOCc1cccc(-c2ccc3nc(-c4cc5ccccc5o4)cn3c2)c1. The molecule has 0 N–H and O–H groups in total. The molecule has 0 radical (unpaired) electrons. The molecule has 0 amide bonds. The van der Waals surface area contributed by atoms with Gasteiger partial charge >= 0.3 is 0 Å². The number of para-hydroxylation sites is 1. The molecular formula is C25H22N2O3. The first-order valence-electron chi connectivity index (χ1n) is 9.94. The van der Waals surface area contributed by atoms with Crippen LogP contribution < -0.4 is 0 Å². The molecule has 0 aliphatic carbocycles. The van der Waals surface area contributed by atoms with E-state index < -0.39 is 0 Å². The van der Waals surface area contributed by atoms with Gasteiger partial charge in [-0.3, -0.25) is 0 Å². The van der Waals surface area contributed by atoms with Gasteiger partial charge in [-0.1, -0.05) is 36.4 Å². The number of hydrogen-bond donors (Lipinski definition) is 0. The lowest BCUT2D eigenvalue weighted by molar-refractivity contribution is 0.0617. The fraction of sp³-hybridized carbons (Fsp3) is 0.160. The average molecular weight is 398 g/mol. The number of imidazole rings is 1. The predicted octanol–water partition coefficient (Wildman–Crippen LogP) is 5.58. The normalized spacial score (nSPS) is 11.5. The van der Waals surface area contributed by atoms with E-state index in [4.69, 9.17) is 18.9 Å².